The molecule has 0 bridgehead atoms. The minimum absolute atomic E-state index is 0.0181. The summed E-state index contributed by atoms with van der Waals surface area (Å²) in [5.74, 6) is -0.241. The lowest BCUT2D eigenvalue weighted by atomic mass is 10.1. The Labute approximate surface area is 124 Å². The molecule has 0 spiro atoms. The molecule has 1 fully saturated rings. The molecule has 21 heavy (non-hydrogen) atoms. The predicted molar refractivity (Wildman–Crippen MR) is 78.6 cm³/mol. The van der Waals surface area contributed by atoms with Gasteiger partial charge in [0.25, 0.3) is 0 Å². The number of Topliss-reactive ketones (excluding diaryl/α,β-unsaturated/α-hetero) is 1. The summed E-state index contributed by atoms with van der Waals surface area (Å²) in [7, 11) is 0. The first-order valence-corrected chi connectivity index (χ1v) is 7.42. The number of carbonyl (C=O) groups excluding carboxylic acids is 2. The van der Waals surface area contributed by atoms with Crippen molar-refractivity contribution in [3.05, 3.63) is 35.6 Å². The summed E-state index contributed by atoms with van der Waals surface area (Å²) in [5.41, 5.74) is 0.542. The maximum atomic E-state index is 12.8. The Morgan fingerprint density at radius 1 is 1.38 bits per heavy atom. The lowest BCUT2D eigenvalue weighted by Crippen LogP contribution is -2.55. The molecule has 1 saturated heterocycles. The van der Waals surface area contributed by atoms with Crippen LogP contribution in [-0.4, -0.2) is 42.3 Å². The lowest BCUT2D eigenvalue weighted by molar-refractivity contribution is -0.129. The average molecular weight is 292 g/mol. The van der Waals surface area contributed by atoms with Gasteiger partial charge in [0.2, 0.25) is 5.91 Å². The molecule has 1 heterocycles. The van der Waals surface area contributed by atoms with Gasteiger partial charge in [0.05, 0.1) is 6.04 Å². The average Bonchev–Trinajstić information content (AvgIpc) is 2.48. The van der Waals surface area contributed by atoms with E-state index in [-0.39, 0.29) is 23.5 Å². The zero-order valence-electron chi connectivity index (χ0n) is 12.3. The van der Waals surface area contributed by atoms with Gasteiger partial charge in [-0.3, -0.25) is 14.5 Å². The number of amides is 1. The van der Waals surface area contributed by atoms with Crippen LogP contribution in [0.25, 0.3) is 0 Å². The second-order valence-electron chi connectivity index (χ2n) is 5.28. The number of hydrogen-bond donors (Lipinski definition) is 1. The van der Waals surface area contributed by atoms with Crippen LogP contribution in [0.4, 0.5) is 4.39 Å². The standard InChI is InChI=1S/C16H21FN2O2/c1-2-14-16(21)18-9-11-19(14)10-3-4-15(20)12-5-7-13(17)8-6-12/h5-8,14H,2-4,9-11H2,1H3,(H,18,21). The third-order valence-electron chi connectivity index (χ3n) is 3.84. The smallest absolute Gasteiger partial charge is 0.237 e. The SMILES string of the molecule is CCC1C(=O)NCCN1CCCC(=O)c1ccc(F)cc1. The summed E-state index contributed by atoms with van der Waals surface area (Å²) < 4.78 is 12.8. The van der Waals surface area contributed by atoms with Gasteiger partial charge >= 0.3 is 0 Å². The molecular formula is C16H21FN2O2. The molecule has 5 heteroatoms. The molecular weight excluding hydrogens is 271 g/mol. The van der Waals surface area contributed by atoms with Crippen molar-refractivity contribution >= 4 is 11.7 Å². The monoisotopic (exact) mass is 292 g/mol. The van der Waals surface area contributed by atoms with E-state index >= 15 is 0 Å². The summed E-state index contributed by atoms with van der Waals surface area (Å²) >= 11 is 0. The normalized spacial score (nSPS) is 19.3. The molecule has 1 amide bonds. The molecule has 1 unspecified atom stereocenters. The summed E-state index contributed by atoms with van der Waals surface area (Å²) in [6.45, 7) is 4.22. The van der Waals surface area contributed by atoms with Gasteiger partial charge < -0.3 is 5.32 Å². The van der Waals surface area contributed by atoms with Crippen molar-refractivity contribution in [3.63, 3.8) is 0 Å². The zero-order chi connectivity index (χ0) is 15.2. The van der Waals surface area contributed by atoms with Crippen molar-refractivity contribution in [2.45, 2.75) is 32.2 Å². The third-order valence-corrected chi connectivity index (χ3v) is 3.84. The lowest BCUT2D eigenvalue weighted by Gasteiger charge is -2.34. The van der Waals surface area contributed by atoms with Crippen molar-refractivity contribution in [2.75, 3.05) is 19.6 Å². The van der Waals surface area contributed by atoms with Gasteiger partial charge in [0.1, 0.15) is 5.82 Å². The van der Waals surface area contributed by atoms with Crippen molar-refractivity contribution in [1.29, 1.82) is 0 Å². The number of piperazine rings is 1. The van der Waals surface area contributed by atoms with Gasteiger partial charge in [0.15, 0.2) is 5.78 Å². The molecule has 1 aliphatic rings. The molecule has 0 radical (unpaired) electrons. The molecule has 0 aliphatic carbocycles. The van der Waals surface area contributed by atoms with Gasteiger partial charge in [-0.25, -0.2) is 4.39 Å². The fourth-order valence-electron chi connectivity index (χ4n) is 2.70. The van der Waals surface area contributed by atoms with Crippen LogP contribution in [0.2, 0.25) is 0 Å². The van der Waals surface area contributed by atoms with Gasteiger partial charge in [0, 0.05) is 25.1 Å². The fraction of sp³-hybridized carbons (Fsp3) is 0.500. The first-order chi connectivity index (χ1) is 10.1. The van der Waals surface area contributed by atoms with Crippen molar-refractivity contribution < 1.29 is 14.0 Å². The summed E-state index contributed by atoms with van der Waals surface area (Å²) in [5, 5.41) is 2.86. The molecule has 1 aliphatic heterocycles. The Hall–Kier alpha value is -1.75. The van der Waals surface area contributed by atoms with E-state index in [1.165, 1.54) is 24.3 Å². The number of carbonyl (C=O) groups is 2. The molecule has 0 saturated carbocycles. The molecule has 1 N–H and O–H groups in total. The van der Waals surface area contributed by atoms with Crippen LogP contribution in [0.3, 0.4) is 0 Å². The van der Waals surface area contributed by atoms with Crippen LogP contribution in [0.15, 0.2) is 24.3 Å². The molecule has 0 aromatic heterocycles. The first-order valence-electron chi connectivity index (χ1n) is 7.42. The van der Waals surface area contributed by atoms with Gasteiger partial charge in [-0.05, 0) is 43.7 Å². The highest BCUT2D eigenvalue weighted by Crippen LogP contribution is 2.12. The predicted octanol–water partition coefficient (Wildman–Crippen LogP) is 2.00. The molecule has 2 rings (SSSR count). The second-order valence-corrected chi connectivity index (χ2v) is 5.28. The molecule has 1 aromatic carbocycles. The number of halogens is 1. The molecule has 1 aromatic rings. The number of nitrogens with one attached hydrogen (secondary N) is 1. The van der Waals surface area contributed by atoms with E-state index in [4.69, 9.17) is 0 Å². The number of nitrogens with zero attached hydrogens (tertiary/aromatic N) is 1. The zero-order valence-corrected chi connectivity index (χ0v) is 12.3. The van der Waals surface area contributed by atoms with Crippen LogP contribution in [0.1, 0.15) is 36.5 Å². The topological polar surface area (TPSA) is 49.4 Å². The van der Waals surface area contributed by atoms with Crippen LogP contribution < -0.4 is 5.32 Å². The Morgan fingerprint density at radius 3 is 2.76 bits per heavy atom. The maximum absolute atomic E-state index is 12.8. The highest BCUT2D eigenvalue weighted by atomic mass is 19.1. The molecule has 114 valence electrons. The second kappa shape index (κ2) is 7.31. The van der Waals surface area contributed by atoms with E-state index in [2.05, 4.69) is 10.2 Å². The highest BCUT2D eigenvalue weighted by Gasteiger charge is 2.27. The summed E-state index contributed by atoms with van der Waals surface area (Å²) in [6, 6.07) is 5.55. The van der Waals surface area contributed by atoms with Gasteiger partial charge in [-0.15, -0.1) is 0 Å². The van der Waals surface area contributed by atoms with Crippen molar-refractivity contribution in [3.8, 4) is 0 Å². The van der Waals surface area contributed by atoms with Gasteiger partial charge in [-0.1, -0.05) is 6.92 Å². The van der Waals surface area contributed by atoms with Crippen LogP contribution in [0.5, 0.6) is 0 Å². The first kappa shape index (κ1) is 15.6. The quantitative estimate of drug-likeness (QED) is 0.816. The largest absolute Gasteiger partial charge is 0.353 e. The Bertz CT molecular complexity index is 502. The molecule has 4 nitrogen and oxygen atoms in total. The van der Waals surface area contributed by atoms with E-state index in [1.807, 2.05) is 6.92 Å². The Balaban J connectivity index is 1.82. The minimum atomic E-state index is -0.336. The third kappa shape index (κ3) is 4.11. The fourth-order valence-corrected chi connectivity index (χ4v) is 2.70. The highest BCUT2D eigenvalue weighted by molar-refractivity contribution is 5.95. The van der Waals surface area contributed by atoms with E-state index in [1.54, 1.807) is 0 Å². The van der Waals surface area contributed by atoms with Crippen LogP contribution >= 0.6 is 0 Å². The van der Waals surface area contributed by atoms with Gasteiger partial charge in [-0.2, -0.15) is 0 Å². The van der Waals surface area contributed by atoms with E-state index in [9.17, 15) is 14.0 Å². The number of benzene rings is 1. The van der Waals surface area contributed by atoms with E-state index in [0.29, 0.717) is 24.9 Å². The molecule has 1 atom stereocenters. The van der Waals surface area contributed by atoms with E-state index in [0.717, 1.165) is 19.5 Å². The Morgan fingerprint density at radius 2 is 2.10 bits per heavy atom. The number of hydrogen-bond acceptors (Lipinski definition) is 3. The summed E-state index contributed by atoms with van der Waals surface area (Å²) in [4.78, 5) is 25.9. The number of ketones is 1. The minimum Gasteiger partial charge on any atom is -0.353 e. The summed E-state index contributed by atoms with van der Waals surface area (Å²) in [6.07, 6.45) is 1.90. The number of rotatable bonds is 6. The van der Waals surface area contributed by atoms with Crippen LogP contribution in [0, 0.1) is 5.82 Å². The van der Waals surface area contributed by atoms with E-state index < -0.39 is 0 Å². The Kier molecular flexibility index (Phi) is 5.44. The van der Waals surface area contributed by atoms with Crippen molar-refractivity contribution in [2.24, 2.45) is 0 Å². The maximum Gasteiger partial charge on any atom is 0.237 e. The van der Waals surface area contributed by atoms with Crippen LogP contribution in [-0.2, 0) is 4.79 Å². The van der Waals surface area contributed by atoms with Crippen molar-refractivity contribution in [1.82, 2.24) is 10.2 Å².